The van der Waals surface area contributed by atoms with Gasteiger partial charge in [-0.15, -0.1) is 0 Å². The molecule has 0 bridgehead atoms. The molecular weight excluding hydrogens is 423 g/mol. The maximum Gasteiger partial charge on any atom is 0.273 e. The first-order valence-corrected chi connectivity index (χ1v) is 12.0. The molecule has 0 radical (unpaired) electrons. The molecule has 2 heterocycles. The third-order valence-corrected chi connectivity index (χ3v) is 7.61. The van der Waals surface area contributed by atoms with Crippen molar-refractivity contribution in [3.8, 4) is 0 Å². The minimum Gasteiger partial charge on any atom is -0.351 e. The molecule has 8 heteroatoms. The Morgan fingerprint density at radius 1 is 1.09 bits per heavy atom. The van der Waals surface area contributed by atoms with Crippen molar-refractivity contribution in [2.45, 2.75) is 89.4 Å². The quantitative estimate of drug-likeness (QED) is 0.734. The van der Waals surface area contributed by atoms with Crippen molar-refractivity contribution in [2.75, 3.05) is 5.32 Å². The van der Waals surface area contributed by atoms with Crippen molar-refractivity contribution in [1.82, 2.24) is 14.8 Å². The van der Waals surface area contributed by atoms with Gasteiger partial charge in [-0.25, -0.2) is 4.39 Å². The van der Waals surface area contributed by atoms with Crippen LogP contribution in [0.4, 0.5) is 10.1 Å². The van der Waals surface area contributed by atoms with Gasteiger partial charge >= 0.3 is 0 Å². The largest absolute Gasteiger partial charge is 0.351 e. The van der Waals surface area contributed by atoms with Crippen molar-refractivity contribution in [3.63, 3.8) is 0 Å². The Morgan fingerprint density at radius 3 is 2.42 bits per heavy atom. The molecular formula is C25H31FN4O3. The molecule has 0 unspecified atom stereocenters. The summed E-state index contributed by atoms with van der Waals surface area (Å²) in [6, 6.07) is 4.41. The number of amides is 3. The van der Waals surface area contributed by atoms with E-state index in [2.05, 4.69) is 10.6 Å². The van der Waals surface area contributed by atoms with Gasteiger partial charge in [0.05, 0.1) is 17.7 Å². The molecule has 7 nitrogen and oxygen atoms in total. The van der Waals surface area contributed by atoms with Crippen LogP contribution in [0, 0.1) is 5.82 Å². The second-order valence-corrected chi connectivity index (χ2v) is 9.99. The SMILES string of the molecule is CC(=O)Nc1c2n(c3ccc(F)cc13)C[C@](C)(C(=O)NC1CCCC1)N(C1CCCC1)C2=O. The number of halogens is 1. The molecule has 2 N–H and O–H groups in total. The number of anilines is 1. The van der Waals surface area contributed by atoms with Crippen molar-refractivity contribution in [3.05, 3.63) is 29.7 Å². The summed E-state index contributed by atoms with van der Waals surface area (Å²) in [5.41, 5.74) is 0.205. The molecule has 1 aliphatic heterocycles. The number of aromatic nitrogens is 1. The number of fused-ring (bicyclic) bond motifs is 3. The molecule has 2 saturated carbocycles. The number of carbonyl (C=O) groups is 3. The van der Waals surface area contributed by atoms with Crippen LogP contribution in [0.2, 0.25) is 0 Å². The van der Waals surface area contributed by atoms with Crippen LogP contribution in [0.15, 0.2) is 18.2 Å². The summed E-state index contributed by atoms with van der Waals surface area (Å²) in [7, 11) is 0. The fraction of sp³-hybridized carbons (Fsp3) is 0.560. The number of carbonyl (C=O) groups excluding carboxylic acids is 3. The van der Waals surface area contributed by atoms with Gasteiger partial charge < -0.3 is 20.1 Å². The molecule has 0 spiro atoms. The van der Waals surface area contributed by atoms with Crippen molar-refractivity contribution >= 4 is 34.3 Å². The molecule has 2 aliphatic carbocycles. The van der Waals surface area contributed by atoms with Gasteiger partial charge in [0.25, 0.3) is 5.91 Å². The van der Waals surface area contributed by atoms with E-state index in [4.69, 9.17) is 0 Å². The van der Waals surface area contributed by atoms with Gasteiger partial charge in [0, 0.05) is 24.4 Å². The molecule has 2 fully saturated rings. The molecule has 33 heavy (non-hydrogen) atoms. The Labute approximate surface area is 192 Å². The molecule has 5 rings (SSSR count). The van der Waals surface area contributed by atoms with Crippen molar-refractivity contribution in [1.29, 1.82) is 0 Å². The first-order chi connectivity index (χ1) is 15.8. The van der Waals surface area contributed by atoms with Gasteiger partial charge in [0.1, 0.15) is 17.1 Å². The summed E-state index contributed by atoms with van der Waals surface area (Å²) in [6.45, 7) is 3.48. The van der Waals surface area contributed by atoms with Crippen molar-refractivity contribution in [2.24, 2.45) is 0 Å². The van der Waals surface area contributed by atoms with E-state index in [1.165, 1.54) is 19.1 Å². The van der Waals surface area contributed by atoms with Crippen LogP contribution in [0.5, 0.6) is 0 Å². The Kier molecular flexibility index (Phi) is 5.41. The smallest absolute Gasteiger partial charge is 0.273 e. The Balaban J connectivity index is 1.66. The lowest BCUT2D eigenvalue weighted by Crippen LogP contribution is -2.67. The van der Waals surface area contributed by atoms with Gasteiger partial charge in [0.15, 0.2) is 0 Å². The molecule has 0 saturated heterocycles. The standard InChI is InChI=1S/C25H31FN4O3/c1-15(31)27-21-19-13-16(26)11-12-20(19)29-14-25(2,24(33)28-17-7-3-4-8-17)30(23(32)22(21)29)18-9-5-6-10-18/h11-13,17-18H,3-10,14H2,1-2H3,(H,27,31)(H,28,33)/t25-/m1/s1. The van der Waals surface area contributed by atoms with Gasteiger partial charge in [-0.05, 0) is 50.8 Å². The minimum absolute atomic E-state index is 0.0366. The zero-order chi connectivity index (χ0) is 23.3. The lowest BCUT2D eigenvalue weighted by molar-refractivity contribution is -0.135. The second kappa shape index (κ2) is 8.15. The highest BCUT2D eigenvalue weighted by Crippen LogP contribution is 2.42. The predicted molar refractivity (Wildman–Crippen MR) is 123 cm³/mol. The molecule has 2 aromatic rings. The third-order valence-electron chi connectivity index (χ3n) is 7.61. The predicted octanol–water partition coefficient (Wildman–Crippen LogP) is 3.95. The molecule has 1 atom stereocenters. The van der Waals surface area contributed by atoms with Crippen LogP contribution >= 0.6 is 0 Å². The van der Waals surface area contributed by atoms with E-state index in [1.807, 2.05) is 6.92 Å². The van der Waals surface area contributed by atoms with Gasteiger partial charge in [-0.2, -0.15) is 0 Å². The number of nitrogens with one attached hydrogen (secondary N) is 2. The highest BCUT2D eigenvalue weighted by molar-refractivity contribution is 6.14. The van der Waals surface area contributed by atoms with Crippen molar-refractivity contribution < 1.29 is 18.8 Å². The molecule has 3 aliphatic rings. The first-order valence-electron chi connectivity index (χ1n) is 12.0. The van der Waals surface area contributed by atoms with Gasteiger partial charge in [0.2, 0.25) is 11.8 Å². The maximum absolute atomic E-state index is 14.2. The third kappa shape index (κ3) is 3.60. The monoisotopic (exact) mass is 454 g/mol. The summed E-state index contributed by atoms with van der Waals surface area (Å²) in [4.78, 5) is 41.6. The lowest BCUT2D eigenvalue weighted by atomic mass is 9.91. The Hall–Kier alpha value is -2.90. The normalized spacial score (nSPS) is 23.8. The molecule has 1 aromatic heterocycles. The zero-order valence-corrected chi connectivity index (χ0v) is 19.2. The lowest BCUT2D eigenvalue weighted by Gasteiger charge is -2.47. The number of benzene rings is 1. The van der Waals surface area contributed by atoms with E-state index in [0.717, 1.165) is 51.4 Å². The van der Waals surface area contributed by atoms with Crippen LogP contribution < -0.4 is 10.6 Å². The van der Waals surface area contributed by atoms with Crippen LogP contribution in [-0.4, -0.2) is 44.8 Å². The summed E-state index contributed by atoms with van der Waals surface area (Å²) in [5, 5.41) is 6.45. The van der Waals surface area contributed by atoms with E-state index < -0.39 is 11.4 Å². The number of nitrogens with zero attached hydrogens (tertiary/aromatic N) is 2. The average molecular weight is 455 g/mol. The summed E-state index contributed by atoms with van der Waals surface area (Å²) in [5.74, 6) is -1.19. The van der Waals surface area contributed by atoms with E-state index in [0.29, 0.717) is 22.3 Å². The molecule has 3 amide bonds. The van der Waals surface area contributed by atoms with Crippen LogP contribution in [0.25, 0.3) is 10.9 Å². The highest BCUT2D eigenvalue weighted by Gasteiger charge is 2.52. The van der Waals surface area contributed by atoms with E-state index in [9.17, 15) is 18.8 Å². The first kappa shape index (κ1) is 21.9. The number of hydrogen-bond donors (Lipinski definition) is 2. The number of rotatable bonds is 4. The van der Waals surface area contributed by atoms with E-state index in [-0.39, 0.29) is 36.3 Å². The van der Waals surface area contributed by atoms with E-state index in [1.54, 1.807) is 15.5 Å². The zero-order valence-electron chi connectivity index (χ0n) is 19.2. The average Bonchev–Trinajstić information content (AvgIpc) is 3.50. The summed E-state index contributed by atoms with van der Waals surface area (Å²) in [6.07, 6.45) is 7.86. The summed E-state index contributed by atoms with van der Waals surface area (Å²) >= 11 is 0. The topological polar surface area (TPSA) is 83.4 Å². The van der Waals surface area contributed by atoms with Crippen LogP contribution in [0.3, 0.4) is 0 Å². The fourth-order valence-electron chi connectivity index (χ4n) is 6.06. The van der Waals surface area contributed by atoms with Gasteiger partial charge in [-0.3, -0.25) is 14.4 Å². The molecule has 176 valence electrons. The summed E-state index contributed by atoms with van der Waals surface area (Å²) < 4.78 is 16.0. The Morgan fingerprint density at radius 2 is 1.76 bits per heavy atom. The number of hydrogen-bond acceptors (Lipinski definition) is 3. The van der Waals surface area contributed by atoms with E-state index >= 15 is 0 Å². The maximum atomic E-state index is 14.2. The van der Waals surface area contributed by atoms with Crippen LogP contribution in [0.1, 0.15) is 75.7 Å². The molecule has 1 aromatic carbocycles. The minimum atomic E-state index is -1.07. The highest BCUT2D eigenvalue weighted by atomic mass is 19.1. The fourth-order valence-corrected chi connectivity index (χ4v) is 6.06. The second-order valence-electron chi connectivity index (χ2n) is 9.99. The van der Waals surface area contributed by atoms with Gasteiger partial charge in [-0.1, -0.05) is 25.7 Å². The Bertz CT molecular complexity index is 1130. The van der Waals surface area contributed by atoms with Crippen LogP contribution in [-0.2, 0) is 16.1 Å².